The molecule has 0 amide bonds. The topological polar surface area (TPSA) is 60.7 Å². The second-order valence-corrected chi connectivity index (χ2v) is 4.34. The van der Waals surface area contributed by atoms with Gasteiger partial charge in [-0.05, 0) is 18.3 Å². The van der Waals surface area contributed by atoms with Gasteiger partial charge in [0.15, 0.2) is 0 Å². The van der Waals surface area contributed by atoms with Crippen LogP contribution in [0.3, 0.4) is 0 Å². The van der Waals surface area contributed by atoms with Gasteiger partial charge in [-0.1, -0.05) is 12.7 Å². The molecule has 1 unspecified atom stereocenters. The van der Waals surface area contributed by atoms with Gasteiger partial charge in [0.05, 0.1) is 12.7 Å². The van der Waals surface area contributed by atoms with E-state index in [0.717, 1.165) is 0 Å². The van der Waals surface area contributed by atoms with Gasteiger partial charge in [-0.3, -0.25) is 0 Å². The lowest BCUT2D eigenvalue weighted by Crippen LogP contribution is -2.45. The molecular formula is C11H17BO3. The van der Waals surface area contributed by atoms with Gasteiger partial charge in [-0.25, -0.2) is 0 Å². The number of hydrogen-bond acceptors (Lipinski definition) is 3. The molecule has 82 valence electrons. The van der Waals surface area contributed by atoms with Crippen LogP contribution < -0.4 is 0 Å². The highest BCUT2D eigenvalue weighted by atomic mass is 16.3. The molecule has 0 saturated heterocycles. The molecule has 0 spiro atoms. The van der Waals surface area contributed by atoms with E-state index in [4.69, 9.17) is 0 Å². The Morgan fingerprint density at radius 3 is 2.53 bits per heavy atom. The van der Waals surface area contributed by atoms with Crippen LogP contribution in [-0.2, 0) is 0 Å². The van der Waals surface area contributed by atoms with Gasteiger partial charge < -0.3 is 15.3 Å². The molecule has 1 aliphatic rings. The Balaban J connectivity index is 3.17. The lowest BCUT2D eigenvalue weighted by molar-refractivity contribution is -0.0627. The third-order valence-corrected chi connectivity index (χ3v) is 3.47. The summed E-state index contributed by atoms with van der Waals surface area (Å²) in [5.41, 5.74) is 0.366. The van der Waals surface area contributed by atoms with Crippen molar-refractivity contribution < 1.29 is 15.3 Å². The minimum Gasteiger partial charge on any atom is -0.395 e. The molecule has 0 aromatic heterocycles. The van der Waals surface area contributed by atoms with E-state index in [9.17, 15) is 15.3 Å². The average Bonchev–Trinajstić information content (AvgIpc) is 2.42. The first-order valence-electron chi connectivity index (χ1n) is 4.98. The molecule has 0 aromatic rings. The van der Waals surface area contributed by atoms with Crippen molar-refractivity contribution in [1.29, 1.82) is 0 Å². The largest absolute Gasteiger partial charge is 0.395 e. The zero-order valence-corrected chi connectivity index (χ0v) is 8.98. The van der Waals surface area contributed by atoms with Crippen LogP contribution in [0.25, 0.3) is 0 Å². The Morgan fingerprint density at radius 2 is 2.20 bits per heavy atom. The first kappa shape index (κ1) is 12.3. The molecule has 1 saturated carbocycles. The number of rotatable bonds is 3. The molecule has 1 fully saturated rings. The zero-order valence-electron chi connectivity index (χ0n) is 8.98. The van der Waals surface area contributed by atoms with Crippen molar-refractivity contribution in [3.8, 4) is 0 Å². The van der Waals surface area contributed by atoms with Crippen LogP contribution in [0.2, 0.25) is 5.82 Å². The fourth-order valence-corrected chi connectivity index (χ4v) is 2.43. The van der Waals surface area contributed by atoms with Crippen molar-refractivity contribution in [2.45, 2.75) is 23.9 Å². The van der Waals surface area contributed by atoms with E-state index in [1.807, 2.05) is 7.85 Å². The van der Waals surface area contributed by atoms with Crippen molar-refractivity contribution in [2.75, 3.05) is 6.61 Å². The molecule has 3 nitrogen and oxygen atoms in total. The lowest BCUT2D eigenvalue weighted by atomic mass is 9.75. The van der Waals surface area contributed by atoms with Crippen molar-refractivity contribution in [1.82, 2.24) is 0 Å². The molecule has 3 N–H and O–H groups in total. The van der Waals surface area contributed by atoms with Crippen molar-refractivity contribution in [3.63, 3.8) is 0 Å². The molecule has 15 heavy (non-hydrogen) atoms. The molecule has 0 aliphatic heterocycles. The van der Waals surface area contributed by atoms with Crippen molar-refractivity contribution in [2.24, 2.45) is 5.41 Å². The predicted octanol–water partition coefficient (Wildman–Crippen LogP) is -0.591. The predicted molar refractivity (Wildman–Crippen MR) is 61.3 cm³/mol. The van der Waals surface area contributed by atoms with E-state index >= 15 is 0 Å². The van der Waals surface area contributed by atoms with E-state index in [2.05, 4.69) is 18.9 Å². The van der Waals surface area contributed by atoms with Crippen LogP contribution in [0, 0.1) is 5.41 Å². The molecule has 0 bridgehead atoms. The summed E-state index contributed by atoms with van der Waals surface area (Å²) in [4.78, 5) is 0. The second kappa shape index (κ2) is 3.99. The zero-order chi connectivity index (χ0) is 11.7. The van der Waals surface area contributed by atoms with Gasteiger partial charge in [0.25, 0.3) is 0 Å². The number of aliphatic hydroxyl groups is 3. The fraction of sp³-hybridized carbons (Fsp3) is 0.545. The monoisotopic (exact) mass is 208 g/mol. The number of aliphatic hydroxyl groups excluding tert-OH is 2. The van der Waals surface area contributed by atoms with E-state index in [0.29, 0.717) is 6.42 Å². The van der Waals surface area contributed by atoms with Crippen LogP contribution >= 0.6 is 0 Å². The summed E-state index contributed by atoms with van der Waals surface area (Å²) in [5.74, 6) is -0.165. The third kappa shape index (κ3) is 1.60. The summed E-state index contributed by atoms with van der Waals surface area (Å²) in [7, 11) is 1.82. The maximum atomic E-state index is 10.2. The smallest absolute Gasteiger partial charge is 0.109 e. The van der Waals surface area contributed by atoms with E-state index in [1.165, 1.54) is 12.2 Å². The normalized spacial score (nSPS) is 44.7. The van der Waals surface area contributed by atoms with Crippen LogP contribution in [0.5, 0.6) is 0 Å². The first-order chi connectivity index (χ1) is 6.96. The summed E-state index contributed by atoms with van der Waals surface area (Å²) in [6.45, 7) is 6.73. The highest BCUT2D eigenvalue weighted by Crippen LogP contribution is 2.51. The summed E-state index contributed by atoms with van der Waals surface area (Å²) >= 11 is 0. The van der Waals surface area contributed by atoms with Gasteiger partial charge >= 0.3 is 0 Å². The summed E-state index contributed by atoms with van der Waals surface area (Å²) in [6.07, 6.45) is 2.29. The van der Waals surface area contributed by atoms with Gasteiger partial charge in [0.1, 0.15) is 13.4 Å². The van der Waals surface area contributed by atoms with E-state index < -0.39 is 17.1 Å². The second-order valence-electron chi connectivity index (χ2n) is 4.34. The van der Waals surface area contributed by atoms with Crippen LogP contribution in [-0.4, -0.2) is 41.5 Å². The molecule has 0 radical (unpaired) electrons. The molecule has 0 heterocycles. The highest BCUT2D eigenvalue weighted by molar-refractivity contribution is 6.13. The Bertz CT molecular complexity index is 311. The molecular weight excluding hydrogens is 191 g/mol. The van der Waals surface area contributed by atoms with Crippen LogP contribution in [0.4, 0.5) is 0 Å². The minimum atomic E-state index is -1.35. The van der Waals surface area contributed by atoms with Crippen LogP contribution in [0.1, 0.15) is 6.42 Å². The maximum Gasteiger partial charge on any atom is 0.109 e. The first-order valence-corrected chi connectivity index (χ1v) is 4.98. The number of hydrogen-bond donors (Lipinski definition) is 3. The SMILES string of the molecule is B[C@@H]1C[C@](C=C=C)(CO)[C@H](O)C1(O)C=C. The van der Waals surface area contributed by atoms with Gasteiger partial charge in [-0.15, -0.1) is 12.3 Å². The van der Waals surface area contributed by atoms with Gasteiger partial charge in [0.2, 0.25) is 0 Å². The quantitative estimate of drug-likeness (QED) is 0.330. The fourth-order valence-electron chi connectivity index (χ4n) is 2.43. The molecule has 1 rings (SSSR count). The van der Waals surface area contributed by atoms with Crippen LogP contribution in [0.15, 0.2) is 31.0 Å². The van der Waals surface area contributed by atoms with E-state index in [-0.39, 0.29) is 12.4 Å². The van der Waals surface area contributed by atoms with Gasteiger partial charge in [0, 0.05) is 5.41 Å². The molecule has 1 aliphatic carbocycles. The Kier molecular flexibility index (Phi) is 3.26. The summed E-state index contributed by atoms with van der Waals surface area (Å²) in [6, 6.07) is 0. The molecule has 4 heteroatoms. The van der Waals surface area contributed by atoms with Gasteiger partial charge in [-0.2, -0.15) is 0 Å². The van der Waals surface area contributed by atoms with Crippen molar-refractivity contribution >= 4 is 7.85 Å². The van der Waals surface area contributed by atoms with Crippen molar-refractivity contribution in [3.05, 3.63) is 31.0 Å². The third-order valence-electron chi connectivity index (χ3n) is 3.47. The Morgan fingerprint density at radius 1 is 1.60 bits per heavy atom. The average molecular weight is 208 g/mol. The maximum absolute atomic E-state index is 10.2. The standard InChI is InChI=1S/C11H17BO3/c1-3-5-10(7-13)6-8(12)11(15,4-2)9(10)14/h4-5,8-9,13-15H,1-2,6-7,12H2/t8-,9+,10-,11?/m1/s1. The summed E-state index contributed by atoms with van der Waals surface area (Å²) in [5, 5.41) is 29.6. The Hall–Kier alpha value is -0.795. The Labute approximate surface area is 90.8 Å². The molecule has 4 atom stereocenters. The van der Waals surface area contributed by atoms with E-state index in [1.54, 1.807) is 0 Å². The minimum absolute atomic E-state index is 0.165. The summed E-state index contributed by atoms with van der Waals surface area (Å²) < 4.78 is 0. The molecule has 0 aromatic carbocycles. The highest BCUT2D eigenvalue weighted by Gasteiger charge is 2.57. The lowest BCUT2D eigenvalue weighted by Gasteiger charge is -2.32.